The molecule has 1 heterocycles. The van der Waals surface area contributed by atoms with Gasteiger partial charge in [-0.3, -0.25) is 4.79 Å². The van der Waals surface area contributed by atoms with Gasteiger partial charge in [-0.05, 0) is 36.4 Å². The van der Waals surface area contributed by atoms with Gasteiger partial charge in [0.15, 0.2) is 0 Å². The normalized spacial score (nSPS) is 18.0. The fourth-order valence-corrected chi connectivity index (χ4v) is 3.60. The minimum Gasteiger partial charge on any atom is -0.370 e. The van der Waals surface area contributed by atoms with Gasteiger partial charge in [0.25, 0.3) is 0 Å². The number of amides is 1. The zero-order valence-electron chi connectivity index (χ0n) is 15.0. The van der Waals surface area contributed by atoms with Gasteiger partial charge in [0.1, 0.15) is 6.10 Å². The molecule has 142 valence electrons. The van der Waals surface area contributed by atoms with E-state index in [2.05, 4.69) is 4.72 Å². The minimum atomic E-state index is -3.46. The maximum Gasteiger partial charge on any atom is 0.246 e. The molecular weight excluding hydrogens is 364 g/mol. The second kappa shape index (κ2) is 8.47. The van der Waals surface area contributed by atoms with Crippen LogP contribution in [0.1, 0.15) is 17.2 Å². The molecule has 1 N–H and O–H groups in total. The van der Waals surface area contributed by atoms with Crippen molar-refractivity contribution >= 4 is 22.0 Å². The Morgan fingerprint density at radius 2 is 1.85 bits per heavy atom. The van der Waals surface area contributed by atoms with Crippen molar-refractivity contribution in [3.05, 3.63) is 71.8 Å². The van der Waals surface area contributed by atoms with Crippen molar-refractivity contribution in [2.75, 3.05) is 26.7 Å². The van der Waals surface area contributed by atoms with E-state index in [1.165, 1.54) is 25.3 Å². The second-order valence-electron chi connectivity index (χ2n) is 6.16. The highest BCUT2D eigenvalue weighted by Crippen LogP contribution is 2.22. The Hall–Kier alpha value is -2.48. The van der Waals surface area contributed by atoms with E-state index in [9.17, 15) is 13.2 Å². The average Bonchev–Trinajstić information content (AvgIpc) is 2.73. The molecule has 1 aliphatic heterocycles. The predicted molar refractivity (Wildman–Crippen MR) is 103 cm³/mol. The van der Waals surface area contributed by atoms with E-state index >= 15 is 0 Å². The number of hydrogen-bond donors (Lipinski definition) is 1. The summed E-state index contributed by atoms with van der Waals surface area (Å²) in [6.45, 7) is 1.55. The molecule has 1 aliphatic rings. The van der Waals surface area contributed by atoms with Crippen LogP contribution in [0.4, 0.5) is 0 Å². The topological polar surface area (TPSA) is 75.7 Å². The number of morpholine rings is 1. The second-order valence-corrected chi connectivity index (χ2v) is 8.05. The van der Waals surface area contributed by atoms with Crippen molar-refractivity contribution in [1.29, 1.82) is 0 Å². The van der Waals surface area contributed by atoms with Crippen LogP contribution in [0.15, 0.2) is 65.6 Å². The summed E-state index contributed by atoms with van der Waals surface area (Å²) in [4.78, 5) is 14.4. The van der Waals surface area contributed by atoms with Crippen molar-refractivity contribution in [3.63, 3.8) is 0 Å². The van der Waals surface area contributed by atoms with Crippen LogP contribution >= 0.6 is 0 Å². The van der Waals surface area contributed by atoms with Crippen LogP contribution in [0.25, 0.3) is 6.08 Å². The molecule has 6 nitrogen and oxygen atoms in total. The first-order valence-corrected chi connectivity index (χ1v) is 10.1. The molecule has 0 radical (unpaired) electrons. The lowest BCUT2D eigenvalue weighted by Gasteiger charge is -2.32. The van der Waals surface area contributed by atoms with Crippen molar-refractivity contribution in [2.45, 2.75) is 11.0 Å². The molecule has 1 amide bonds. The van der Waals surface area contributed by atoms with E-state index in [1.54, 1.807) is 23.1 Å². The fourth-order valence-electron chi connectivity index (χ4n) is 2.87. The lowest BCUT2D eigenvalue weighted by molar-refractivity contribution is -0.133. The minimum absolute atomic E-state index is 0.0915. The first kappa shape index (κ1) is 19.3. The molecule has 1 unspecified atom stereocenters. The Labute approximate surface area is 159 Å². The van der Waals surface area contributed by atoms with Crippen LogP contribution in [-0.2, 0) is 19.6 Å². The van der Waals surface area contributed by atoms with Gasteiger partial charge in [0, 0.05) is 12.6 Å². The quantitative estimate of drug-likeness (QED) is 0.800. The number of ether oxygens (including phenoxy) is 1. The molecule has 27 heavy (non-hydrogen) atoms. The van der Waals surface area contributed by atoms with Crippen LogP contribution in [0, 0.1) is 0 Å². The summed E-state index contributed by atoms with van der Waals surface area (Å²) in [7, 11) is -2.09. The van der Waals surface area contributed by atoms with Gasteiger partial charge in [0.05, 0.1) is 18.0 Å². The van der Waals surface area contributed by atoms with Gasteiger partial charge in [-0.25, -0.2) is 13.1 Å². The zero-order valence-corrected chi connectivity index (χ0v) is 15.9. The summed E-state index contributed by atoms with van der Waals surface area (Å²) in [6.07, 6.45) is 3.07. The van der Waals surface area contributed by atoms with Gasteiger partial charge >= 0.3 is 0 Å². The Kier molecular flexibility index (Phi) is 6.05. The predicted octanol–water partition coefficient (Wildman–Crippen LogP) is 2.21. The highest BCUT2D eigenvalue weighted by atomic mass is 32.2. The molecule has 1 saturated heterocycles. The van der Waals surface area contributed by atoms with Crippen LogP contribution in [0.2, 0.25) is 0 Å². The maximum absolute atomic E-state index is 12.5. The first-order valence-electron chi connectivity index (χ1n) is 8.67. The number of carbonyl (C=O) groups is 1. The molecule has 2 aromatic rings. The molecule has 3 rings (SSSR count). The van der Waals surface area contributed by atoms with Gasteiger partial charge in [0.2, 0.25) is 15.9 Å². The average molecular weight is 386 g/mol. The largest absolute Gasteiger partial charge is 0.370 e. The molecule has 0 aliphatic carbocycles. The SMILES string of the molecule is CNS(=O)(=O)c1ccc(/C=C/C(=O)N2CCOC(c3ccccc3)C2)cc1. The summed E-state index contributed by atoms with van der Waals surface area (Å²) >= 11 is 0. The third-order valence-electron chi connectivity index (χ3n) is 4.43. The summed E-state index contributed by atoms with van der Waals surface area (Å²) in [5, 5.41) is 0. The number of benzene rings is 2. The summed E-state index contributed by atoms with van der Waals surface area (Å²) in [5.74, 6) is -0.0915. The van der Waals surface area contributed by atoms with E-state index in [1.807, 2.05) is 30.3 Å². The summed E-state index contributed by atoms with van der Waals surface area (Å²) < 4.78 is 31.5. The molecule has 0 saturated carbocycles. The van der Waals surface area contributed by atoms with Gasteiger partial charge in [-0.1, -0.05) is 42.5 Å². The van der Waals surface area contributed by atoms with Gasteiger partial charge in [-0.15, -0.1) is 0 Å². The molecule has 0 bridgehead atoms. The third kappa shape index (κ3) is 4.82. The Morgan fingerprint density at radius 1 is 1.15 bits per heavy atom. The van der Waals surface area contributed by atoms with Crippen LogP contribution in [0.5, 0.6) is 0 Å². The first-order chi connectivity index (χ1) is 13.0. The van der Waals surface area contributed by atoms with E-state index in [4.69, 9.17) is 4.74 Å². The number of hydrogen-bond acceptors (Lipinski definition) is 4. The Morgan fingerprint density at radius 3 is 2.52 bits per heavy atom. The van der Waals surface area contributed by atoms with E-state index < -0.39 is 10.0 Å². The highest BCUT2D eigenvalue weighted by Gasteiger charge is 2.24. The highest BCUT2D eigenvalue weighted by molar-refractivity contribution is 7.89. The van der Waals surface area contributed by atoms with Crippen LogP contribution in [0.3, 0.4) is 0 Å². The fraction of sp³-hybridized carbons (Fsp3) is 0.250. The zero-order chi connectivity index (χ0) is 19.3. The van der Waals surface area contributed by atoms with Crippen molar-refractivity contribution in [3.8, 4) is 0 Å². The molecule has 2 aromatic carbocycles. The summed E-state index contributed by atoms with van der Waals surface area (Å²) in [6, 6.07) is 16.2. The number of sulfonamides is 1. The van der Waals surface area contributed by atoms with E-state index in [0.29, 0.717) is 19.7 Å². The van der Waals surface area contributed by atoms with Crippen molar-refractivity contribution in [2.24, 2.45) is 0 Å². The van der Waals surface area contributed by atoms with E-state index in [-0.39, 0.29) is 16.9 Å². The van der Waals surface area contributed by atoms with Crippen LogP contribution < -0.4 is 4.72 Å². The number of rotatable bonds is 5. The smallest absolute Gasteiger partial charge is 0.246 e. The van der Waals surface area contributed by atoms with E-state index in [0.717, 1.165) is 11.1 Å². The van der Waals surface area contributed by atoms with Crippen LogP contribution in [-0.4, -0.2) is 46.0 Å². The lowest BCUT2D eigenvalue weighted by atomic mass is 10.1. The molecule has 0 spiro atoms. The number of nitrogens with one attached hydrogen (secondary N) is 1. The molecule has 1 atom stereocenters. The Bertz CT molecular complexity index is 909. The van der Waals surface area contributed by atoms with Crippen molar-refractivity contribution in [1.82, 2.24) is 9.62 Å². The maximum atomic E-state index is 12.5. The van der Waals surface area contributed by atoms with Gasteiger partial charge in [-0.2, -0.15) is 0 Å². The molecule has 7 heteroatoms. The monoisotopic (exact) mass is 386 g/mol. The number of nitrogens with zero attached hydrogens (tertiary/aromatic N) is 1. The summed E-state index contributed by atoms with van der Waals surface area (Å²) in [5.41, 5.74) is 1.81. The molecule has 0 aromatic heterocycles. The lowest BCUT2D eigenvalue weighted by Crippen LogP contribution is -2.41. The molecule has 1 fully saturated rings. The molecular formula is C20H22N2O4S. The van der Waals surface area contributed by atoms with Gasteiger partial charge < -0.3 is 9.64 Å². The van der Waals surface area contributed by atoms with Crippen molar-refractivity contribution < 1.29 is 17.9 Å². The Balaban J connectivity index is 1.64. The standard InChI is InChI=1S/C20H22N2O4S/c1-21-27(24,25)18-10-7-16(8-11-18)9-12-20(23)22-13-14-26-19(15-22)17-5-3-2-4-6-17/h2-12,19,21H,13-15H2,1H3/b12-9+. The number of carbonyl (C=O) groups excluding carboxylic acids is 1. The third-order valence-corrected chi connectivity index (χ3v) is 5.86.